The Morgan fingerprint density at radius 2 is 1.66 bits per heavy atom. The lowest BCUT2D eigenvalue weighted by Crippen LogP contribution is -2.45. The molecule has 0 radical (unpaired) electrons. The van der Waals surface area contributed by atoms with Crippen LogP contribution in [0.3, 0.4) is 0 Å². The molecule has 0 saturated carbocycles. The van der Waals surface area contributed by atoms with Crippen molar-refractivity contribution in [3.05, 3.63) is 75.0 Å². The van der Waals surface area contributed by atoms with E-state index in [9.17, 15) is 9.59 Å². The molecule has 1 heterocycles. The van der Waals surface area contributed by atoms with Crippen LogP contribution >= 0.6 is 11.3 Å². The molecular formula is C30H39N3O4S. The van der Waals surface area contributed by atoms with Crippen LogP contribution in [0.5, 0.6) is 11.5 Å². The van der Waals surface area contributed by atoms with Gasteiger partial charge in [0.15, 0.2) is 11.5 Å². The van der Waals surface area contributed by atoms with Crippen LogP contribution in [0.1, 0.15) is 39.8 Å². The Morgan fingerprint density at radius 3 is 2.29 bits per heavy atom. The van der Waals surface area contributed by atoms with Crippen molar-refractivity contribution >= 4 is 29.0 Å². The Kier molecular flexibility index (Phi) is 10.6. The number of amides is 3. The van der Waals surface area contributed by atoms with E-state index < -0.39 is 0 Å². The number of aryl methyl sites for hydroxylation is 3. The minimum atomic E-state index is -0.265. The second-order valence-electron chi connectivity index (χ2n) is 9.44. The minimum absolute atomic E-state index is 0.0148. The summed E-state index contributed by atoms with van der Waals surface area (Å²) in [6, 6.07) is 15.6. The molecule has 1 N–H and O–H groups in total. The summed E-state index contributed by atoms with van der Waals surface area (Å²) in [5, 5.41) is 2.99. The van der Waals surface area contributed by atoms with Crippen LogP contribution in [0.4, 0.5) is 10.5 Å². The first-order valence-electron chi connectivity index (χ1n) is 12.9. The molecule has 0 atom stereocenters. The van der Waals surface area contributed by atoms with Crippen molar-refractivity contribution in [3.8, 4) is 11.5 Å². The number of ether oxygens (including phenoxy) is 2. The highest BCUT2D eigenvalue weighted by atomic mass is 32.1. The summed E-state index contributed by atoms with van der Waals surface area (Å²) >= 11 is 1.68. The van der Waals surface area contributed by atoms with Gasteiger partial charge in [0.05, 0.1) is 20.8 Å². The molecule has 0 aliphatic rings. The molecule has 3 amide bonds. The van der Waals surface area contributed by atoms with Gasteiger partial charge in [-0.2, -0.15) is 0 Å². The highest BCUT2D eigenvalue weighted by Crippen LogP contribution is 2.28. The van der Waals surface area contributed by atoms with Crippen molar-refractivity contribution < 1.29 is 19.1 Å². The number of methoxy groups -OCH3 is 2. The third-order valence-electron chi connectivity index (χ3n) is 6.34. The monoisotopic (exact) mass is 537 g/mol. The van der Waals surface area contributed by atoms with Crippen LogP contribution in [0, 0.1) is 20.8 Å². The average molecular weight is 538 g/mol. The smallest absolute Gasteiger partial charge is 0.322 e. The second-order valence-corrected chi connectivity index (χ2v) is 10.8. The van der Waals surface area contributed by atoms with Crippen molar-refractivity contribution in [2.45, 2.75) is 47.1 Å². The lowest BCUT2D eigenvalue weighted by atomic mass is 10.1. The number of carbonyl (C=O) groups is 2. The average Bonchev–Trinajstić information content (AvgIpc) is 3.31. The van der Waals surface area contributed by atoms with Gasteiger partial charge in [-0.25, -0.2) is 4.79 Å². The van der Waals surface area contributed by atoms with E-state index in [1.807, 2.05) is 62.1 Å². The maximum atomic E-state index is 13.6. The first-order valence-corrected chi connectivity index (χ1v) is 13.7. The van der Waals surface area contributed by atoms with Gasteiger partial charge in [-0.15, -0.1) is 11.3 Å². The van der Waals surface area contributed by atoms with Crippen molar-refractivity contribution in [1.29, 1.82) is 0 Å². The van der Waals surface area contributed by atoms with Gasteiger partial charge >= 0.3 is 6.03 Å². The molecule has 0 saturated heterocycles. The first-order chi connectivity index (χ1) is 18.2. The number of hydrogen-bond acceptors (Lipinski definition) is 5. The Hall–Kier alpha value is -3.52. The summed E-state index contributed by atoms with van der Waals surface area (Å²) in [6.07, 6.45) is 1.41. The van der Waals surface area contributed by atoms with Gasteiger partial charge in [-0.1, -0.05) is 30.7 Å². The molecule has 1 aromatic heterocycles. The van der Waals surface area contributed by atoms with E-state index in [4.69, 9.17) is 9.47 Å². The van der Waals surface area contributed by atoms with E-state index in [0.717, 1.165) is 33.7 Å². The predicted octanol–water partition coefficient (Wildman–Crippen LogP) is 6.21. The van der Waals surface area contributed by atoms with Gasteiger partial charge in [0.1, 0.15) is 6.54 Å². The van der Waals surface area contributed by atoms with Crippen molar-refractivity contribution in [2.24, 2.45) is 0 Å². The van der Waals surface area contributed by atoms with Crippen LogP contribution in [0.25, 0.3) is 0 Å². The van der Waals surface area contributed by atoms with Crippen molar-refractivity contribution in [3.63, 3.8) is 0 Å². The van der Waals surface area contributed by atoms with Crippen molar-refractivity contribution in [1.82, 2.24) is 9.80 Å². The number of anilines is 1. The lowest BCUT2D eigenvalue weighted by Gasteiger charge is -2.28. The number of nitrogens with zero attached hydrogens (tertiary/aromatic N) is 2. The Labute approximate surface area is 230 Å². The van der Waals surface area contributed by atoms with Gasteiger partial charge in [-0.05, 0) is 75.1 Å². The highest BCUT2D eigenvalue weighted by Gasteiger charge is 2.22. The van der Waals surface area contributed by atoms with Gasteiger partial charge in [0.2, 0.25) is 5.91 Å². The Bertz CT molecular complexity index is 1240. The SMILES string of the molecule is CCCN(CC(=O)N(CCc1ccc(OC)c(OC)c1)Cc1ccc(C)s1)C(=O)Nc1ccc(C)cc1C. The molecule has 38 heavy (non-hydrogen) atoms. The summed E-state index contributed by atoms with van der Waals surface area (Å²) in [4.78, 5) is 32.6. The molecule has 0 aliphatic carbocycles. The maximum Gasteiger partial charge on any atom is 0.322 e. The Morgan fingerprint density at radius 1 is 0.895 bits per heavy atom. The lowest BCUT2D eigenvalue weighted by molar-refractivity contribution is -0.132. The fraction of sp³-hybridized carbons (Fsp3) is 0.400. The summed E-state index contributed by atoms with van der Waals surface area (Å²) in [6.45, 7) is 9.58. The predicted molar refractivity (Wildman–Crippen MR) is 155 cm³/mol. The number of thiophene rings is 1. The first kappa shape index (κ1) is 29.0. The summed E-state index contributed by atoms with van der Waals surface area (Å²) < 4.78 is 10.8. The molecule has 8 heteroatoms. The number of carbonyl (C=O) groups excluding carboxylic acids is 2. The van der Waals surface area contributed by atoms with E-state index in [1.165, 1.54) is 4.88 Å². The number of benzene rings is 2. The van der Waals surface area contributed by atoms with E-state index in [-0.39, 0.29) is 18.5 Å². The van der Waals surface area contributed by atoms with Crippen LogP contribution in [0.15, 0.2) is 48.5 Å². The minimum Gasteiger partial charge on any atom is -0.493 e. The molecule has 3 aromatic rings. The molecule has 0 fully saturated rings. The third kappa shape index (κ3) is 7.99. The topological polar surface area (TPSA) is 71.1 Å². The molecule has 0 bridgehead atoms. The zero-order valence-corrected chi connectivity index (χ0v) is 24.1. The zero-order valence-electron chi connectivity index (χ0n) is 23.3. The van der Waals surface area contributed by atoms with E-state index in [2.05, 4.69) is 24.4 Å². The molecule has 2 aromatic carbocycles. The molecule has 0 unspecified atom stereocenters. The second kappa shape index (κ2) is 13.9. The summed E-state index contributed by atoms with van der Waals surface area (Å²) in [5.41, 5.74) is 3.93. The zero-order chi connectivity index (χ0) is 27.7. The normalized spacial score (nSPS) is 10.7. The molecule has 0 spiro atoms. The number of rotatable bonds is 12. The molecular weight excluding hydrogens is 498 g/mol. The number of hydrogen-bond donors (Lipinski definition) is 1. The van der Waals surface area contributed by atoms with E-state index >= 15 is 0 Å². The van der Waals surface area contributed by atoms with Crippen LogP contribution in [-0.4, -0.2) is 55.6 Å². The highest BCUT2D eigenvalue weighted by molar-refractivity contribution is 7.11. The number of urea groups is 1. The maximum absolute atomic E-state index is 13.6. The molecule has 7 nitrogen and oxygen atoms in total. The van der Waals surface area contributed by atoms with Gasteiger partial charge in [0, 0.05) is 28.5 Å². The van der Waals surface area contributed by atoms with E-state index in [0.29, 0.717) is 37.6 Å². The molecule has 3 rings (SSSR count). The van der Waals surface area contributed by atoms with Gasteiger partial charge in [-0.3, -0.25) is 4.79 Å². The fourth-order valence-corrected chi connectivity index (χ4v) is 5.19. The number of nitrogens with one attached hydrogen (secondary N) is 1. The molecule has 204 valence electrons. The largest absolute Gasteiger partial charge is 0.493 e. The molecule has 0 aliphatic heterocycles. The Balaban J connectivity index is 1.75. The van der Waals surface area contributed by atoms with Crippen LogP contribution < -0.4 is 14.8 Å². The fourth-order valence-electron chi connectivity index (χ4n) is 4.28. The third-order valence-corrected chi connectivity index (χ3v) is 7.33. The standard InChI is InChI=1S/C30H39N3O4S/c1-7-15-33(30(35)31-26-12-8-21(2)17-22(26)3)20-29(34)32(19-25-11-9-23(4)38-25)16-14-24-10-13-27(36-5)28(18-24)37-6/h8-13,17-18H,7,14-16,19-20H2,1-6H3,(H,31,35). The van der Waals surface area contributed by atoms with Gasteiger partial charge < -0.3 is 24.6 Å². The quantitative estimate of drug-likeness (QED) is 0.298. The van der Waals surface area contributed by atoms with Crippen molar-refractivity contribution in [2.75, 3.05) is 39.2 Å². The summed E-state index contributed by atoms with van der Waals surface area (Å²) in [5.74, 6) is 1.25. The van der Waals surface area contributed by atoms with Crippen LogP contribution in [0.2, 0.25) is 0 Å². The van der Waals surface area contributed by atoms with Gasteiger partial charge in [0.25, 0.3) is 0 Å². The van der Waals surface area contributed by atoms with E-state index in [1.54, 1.807) is 30.5 Å². The van der Waals surface area contributed by atoms with Crippen LogP contribution in [-0.2, 0) is 17.8 Å². The summed E-state index contributed by atoms with van der Waals surface area (Å²) in [7, 11) is 3.22.